The summed E-state index contributed by atoms with van der Waals surface area (Å²) in [5.74, 6) is 0.161. The van der Waals surface area contributed by atoms with Crippen LogP contribution in [0.25, 0.3) is 10.6 Å². The van der Waals surface area contributed by atoms with Crippen molar-refractivity contribution in [1.82, 2.24) is 25.1 Å². The third-order valence-corrected chi connectivity index (χ3v) is 5.73. The Kier molecular flexibility index (Phi) is 7.33. The number of pyridine rings is 2. The summed E-state index contributed by atoms with van der Waals surface area (Å²) in [6.45, 7) is 0.878. The number of benzene rings is 1. The second-order valence-corrected chi connectivity index (χ2v) is 8.57. The van der Waals surface area contributed by atoms with Crippen LogP contribution in [0.15, 0.2) is 73.2 Å². The van der Waals surface area contributed by atoms with Gasteiger partial charge >= 0.3 is 0 Å². The number of aromatic nitrogens is 4. The number of hydrogen-bond donors (Lipinski definition) is 1. The molecule has 1 atom stereocenters. The SMILES string of the molecule is CN(C)CC[C@H](Oc1ccc(C(=O)Nc2nnc(-c3ccncc3)s2)cn1)c1ccccc1. The van der Waals surface area contributed by atoms with Crippen molar-refractivity contribution in [3.63, 3.8) is 0 Å². The molecule has 0 bridgehead atoms. The molecule has 1 aromatic carbocycles. The summed E-state index contributed by atoms with van der Waals surface area (Å²) >= 11 is 1.29. The summed E-state index contributed by atoms with van der Waals surface area (Å²) in [4.78, 5) is 23.1. The number of carbonyl (C=O) groups is 1. The highest BCUT2D eigenvalue weighted by Gasteiger charge is 2.16. The average Bonchev–Trinajstić information content (AvgIpc) is 3.31. The maximum Gasteiger partial charge on any atom is 0.259 e. The van der Waals surface area contributed by atoms with Crippen molar-refractivity contribution in [2.75, 3.05) is 26.0 Å². The van der Waals surface area contributed by atoms with Crippen LogP contribution in [0.5, 0.6) is 5.88 Å². The molecule has 0 fully saturated rings. The zero-order valence-corrected chi connectivity index (χ0v) is 19.2. The molecule has 3 heterocycles. The number of anilines is 1. The molecule has 0 saturated carbocycles. The van der Waals surface area contributed by atoms with Crippen LogP contribution in [0.3, 0.4) is 0 Å². The van der Waals surface area contributed by atoms with Crippen molar-refractivity contribution < 1.29 is 9.53 Å². The normalized spacial score (nSPS) is 11.8. The Balaban J connectivity index is 1.40. The Morgan fingerprint density at radius 3 is 2.55 bits per heavy atom. The first-order valence-corrected chi connectivity index (χ1v) is 11.3. The highest BCUT2D eigenvalue weighted by Crippen LogP contribution is 2.26. The number of ether oxygens (including phenoxy) is 1. The fraction of sp³-hybridized carbons (Fsp3) is 0.208. The molecule has 33 heavy (non-hydrogen) atoms. The lowest BCUT2D eigenvalue weighted by Crippen LogP contribution is -2.19. The Morgan fingerprint density at radius 1 is 1.06 bits per heavy atom. The standard InChI is InChI=1S/C24H24N6O2S/c1-30(2)15-12-20(17-6-4-3-5-7-17)32-21-9-8-19(16-26-21)22(31)27-24-29-28-23(33-24)18-10-13-25-14-11-18/h3-11,13-14,16,20H,12,15H2,1-2H3,(H,27,29,31)/t20-/m0/s1. The number of nitrogens with zero attached hydrogens (tertiary/aromatic N) is 5. The van der Waals surface area contributed by atoms with Gasteiger partial charge in [0, 0.05) is 43.2 Å². The van der Waals surface area contributed by atoms with Gasteiger partial charge in [0.15, 0.2) is 0 Å². The molecule has 4 aromatic rings. The second kappa shape index (κ2) is 10.8. The lowest BCUT2D eigenvalue weighted by Gasteiger charge is -2.21. The van der Waals surface area contributed by atoms with Gasteiger partial charge in [-0.05, 0) is 37.9 Å². The van der Waals surface area contributed by atoms with Crippen LogP contribution in [0.4, 0.5) is 5.13 Å². The van der Waals surface area contributed by atoms with Gasteiger partial charge in [-0.1, -0.05) is 41.7 Å². The van der Waals surface area contributed by atoms with Crippen LogP contribution in [0.1, 0.15) is 28.4 Å². The quantitative estimate of drug-likeness (QED) is 0.398. The van der Waals surface area contributed by atoms with Crippen molar-refractivity contribution in [1.29, 1.82) is 0 Å². The number of rotatable bonds is 9. The van der Waals surface area contributed by atoms with Gasteiger partial charge in [-0.3, -0.25) is 15.1 Å². The molecular weight excluding hydrogens is 436 g/mol. The summed E-state index contributed by atoms with van der Waals surface area (Å²) in [5.41, 5.74) is 2.39. The van der Waals surface area contributed by atoms with Crippen LogP contribution in [-0.4, -0.2) is 51.6 Å². The minimum Gasteiger partial charge on any atom is -0.469 e. The Morgan fingerprint density at radius 2 is 1.85 bits per heavy atom. The molecule has 9 heteroatoms. The zero-order valence-electron chi connectivity index (χ0n) is 18.4. The summed E-state index contributed by atoms with van der Waals surface area (Å²) in [7, 11) is 4.07. The van der Waals surface area contributed by atoms with Crippen molar-refractivity contribution in [3.05, 3.63) is 84.3 Å². The van der Waals surface area contributed by atoms with E-state index in [0.717, 1.165) is 24.1 Å². The monoisotopic (exact) mass is 460 g/mol. The molecular formula is C24H24N6O2S. The fourth-order valence-corrected chi connectivity index (χ4v) is 3.87. The van der Waals surface area contributed by atoms with Gasteiger partial charge in [-0.25, -0.2) is 4.98 Å². The summed E-state index contributed by atoms with van der Waals surface area (Å²) in [6.07, 6.45) is 5.57. The van der Waals surface area contributed by atoms with Gasteiger partial charge in [0.05, 0.1) is 5.56 Å². The van der Waals surface area contributed by atoms with Gasteiger partial charge in [-0.2, -0.15) is 0 Å². The highest BCUT2D eigenvalue weighted by atomic mass is 32.1. The maximum atomic E-state index is 12.6. The molecule has 8 nitrogen and oxygen atoms in total. The molecule has 0 aliphatic carbocycles. The molecule has 1 amide bonds. The van der Waals surface area contributed by atoms with Gasteiger partial charge in [0.1, 0.15) is 11.1 Å². The van der Waals surface area contributed by atoms with Crippen LogP contribution in [0, 0.1) is 0 Å². The Bertz CT molecular complexity index is 1170. The van der Waals surface area contributed by atoms with E-state index in [4.69, 9.17) is 4.74 Å². The Labute approximate surface area is 196 Å². The number of carbonyl (C=O) groups excluding carboxylic acids is 1. The summed E-state index contributed by atoms with van der Waals surface area (Å²) in [6, 6.07) is 17.2. The number of nitrogens with one attached hydrogen (secondary N) is 1. The van der Waals surface area contributed by atoms with Crippen LogP contribution < -0.4 is 10.1 Å². The molecule has 1 N–H and O–H groups in total. The minimum atomic E-state index is -0.307. The predicted octanol–water partition coefficient (Wildman–Crippen LogP) is 4.32. The lowest BCUT2D eigenvalue weighted by atomic mass is 10.1. The van der Waals surface area contributed by atoms with Crippen LogP contribution >= 0.6 is 11.3 Å². The molecule has 168 valence electrons. The smallest absolute Gasteiger partial charge is 0.259 e. The average molecular weight is 461 g/mol. The molecule has 0 unspecified atom stereocenters. The van der Waals surface area contributed by atoms with Crippen molar-refractivity contribution in [2.45, 2.75) is 12.5 Å². The highest BCUT2D eigenvalue weighted by molar-refractivity contribution is 7.18. The molecule has 0 aliphatic heterocycles. The van der Waals surface area contributed by atoms with E-state index in [1.54, 1.807) is 24.5 Å². The van der Waals surface area contributed by atoms with E-state index in [9.17, 15) is 4.79 Å². The van der Waals surface area contributed by atoms with Crippen molar-refractivity contribution >= 4 is 22.4 Å². The summed E-state index contributed by atoms with van der Waals surface area (Å²) < 4.78 is 6.16. The third kappa shape index (κ3) is 6.18. The third-order valence-electron chi connectivity index (χ3n) is 4.84. The van der Waals surface area contributed by atoms with Crippen molar-refractivity contribution in [3.8, 4) is 16.5 Å². The van der Waals surface area contributed by atoms with Crippen molar-refractivity contribution in [2.24, 2.45) is 0 Å². The van der Waals surface area contributed by atoms with E-state index in [2.05, 4.69) is 30.4 Å². The largest absolute Gasteiger partial charge is 0.469 e. The topological polar surface area (TPSA) is 93.1 Å². The lowest BCUT2D eigenvalue weighted by molar-refractivity contribution is 0.102. The predicted molar refractivity (Wildman–Crippen MR) is 128 cm³/mol. The van der Waals surface area contributed by atoms with Crippen LogP contribution in [-0.2, 0) is 0 Å². The van der Waals surface area contributed by atoms with Gasteiger partial charge < -0.3 is 9.64 Å². The Hall–Kier alpha value is -3.69. The van der Waals surface area contributed by atoms with E-state index in [1.165, 1.54) is 17.5 Å². The molecule has 4 rings (SSSR count). The van der Waals surface area contributed by atoms with Gasteiger partial charge in [-0.15, -0.1) is 10.2 Å². The van der Waals surface area contributed by atoms with E-state index in [1.807, 2.05) is 56.6 Å². The molecule has 3 aromatic heterocycles. The second-order valence-electron chi connectivity index (χ2n) is 7.60. The molecule has 0 radical (unpaired) electrons. The van der Waals surface area contributed by atoms with E-state index >= 15 is 0 Å². The fourth-order valence-electron chi connectivity index (χ4n) is 3.12. The number of hydrogen-bond acceptors (Lipinski definition) is 8. The van der Waals surface area contributed by atoms with Gasteiger partial charge in [0.25, 0.3) is 5.91 Å². The minimum absolute atomic E-state index is 0.131. The van der Waals surface area contributed by atoms with E-state index in [-0.39, 0.29) is 12.0 Å². The zero-order chi connectivity index (χ0) is 23.0. The first-order valence-electron chi connectivity index (χ1n) is 10.5. The first kappa shape index (κ1) is 22.5. The van der Waals surface area contributed by atoms with E-state index in [0.29, 0.717) is 21.6 Å². The molecule has 0 spiro atoms. The van der Waals surface area contributed by atoms with Gasteiger partial charge in [0.2, 0.25) is 11.0 Å². The summed E-state index contributed by atoms with van der Waals surface area (Å²) in [5, 5.41) is 12.1. The molecule has 0 saturated heterocycles. The first-order chi connectivity index (χ1) is 16.1. The van der Waals surface area contributed by atoms with E-state index < -0.39 is 0 Å². The van der Waals surface area contributed by atoms with Crippen LogP contribution in [0.2, 0.25) is 0 Å². The number of amides is 1. The molecule has 0 aliphatic rings. The maximum absolute atomic E-state index is 12.6.